The van der Waals surface area contributed by atoms with Crippen LogP contribution in [0.1, 0.15) is 27.8 Å². The highest BCUT2D eigenvalue weighted by Crippen LogP contribution is 2.36. The molecule has 0 aliphatic carbocycles. The molecule has 0 N–H and O–H groups in total. The summed E-state index contributed by atoms with van der Waals surface area (Å²) in [5.74, 6) is 1.43. The van der Waals surface area contributed by atoms with Crippen LogP contribution in [0.3, 0.4) is 0 Å². The van der Waals surface area contributed by atoms with E-state index in [-0.39, 0.29) is 11.5 Å². The fraction of sp³-hybridized carbons (Fsp3) is 0.172. The largest absolute Gasteiger partial charge is 0.489 e. The maximum absolute atomic E-state index is 11.5. The van der Waals surface area contributed by atoms with Crippen molar-refractivity contribution in [1.82, 2.24) is 14.8 Å². The molecule has 0 spiro atoms. The molecule has 1 atom stereocenters. The summed E-state index contributed by atoms with van der Waals surface area (Å²) >= 11 is 1.34. The lowest BCUT2D eigenvalue weighted by atomic mass is 10.1. The Kier molecular flexibility index (Phi) is 7.18. The molecule has 5 aromatic rings. The van der Waals surface area contributed by atoms with Gasteiger partial charge in [0.05, 0.1) is 0 Å². The third-order valence-electron chi connectivity index (χ3n) is 6.18. The van der Waals surface area contributed by atoms with E-state index in [9.17, 15) is 10.1 Å². The highest BCUT2D eigenvalue weighted by Gasteiger charge is 2.24. The molecular formula is C29H26N4O3S. The van der Waals surface area contributed by atoms with Crippen molar-refractivity contribution in [2.45, 2.75) is 30.9 Å². The average molecular weight is 511 g/mol. The van der Waals surface area contributed by atoms with E-state index in [1.165, 1.54) is 17.1 Å². The minimum Gasteiger partial charge on any atom is -0.489 e. The van der Waals surface area contributed by atoms with Gasteiger partial charge in [0.1, 0.15) is 23.4 Å². The van der Waals surface area contributed by atoms with Crippen LogP contribution < -0.4 is 4.74 Å². The lowest BCUT2D eigenvalue weighted by Crippen LogP contribution is -2.11. The number of nitro groups is 1. The summed E-state index contributed by atoms with van der Waals surface area (Å²) in [6, 6.07) is 29.9. The Hall–Kier alpha value is -4.17. The predicted octanol–water partition coefficient (Wildman–Crippen LogP) is 6.73. The third kappa shape index (κ3) is 5.65. The van der Waals surface area contributed by atoms with Gasteiger partial charge >= 0.3 is 0 Å². The molecule has 7 nitrogen and oxygen atoms in total. The smallest absolute Gasteiger partial charge is 0.220 e. The monoisotopic (exact) mass is 510 g/mol. The summed E-state index contributed by atoms with van der Waals surface area (Å²) < 4.78 is 7.99. The van der Waals surface area contributed by atoms with Gasteiger partial charge in [0.25, 0.3) is 0 Å². The van der Waals surface area contributed by atoms with E-state index in [2.05, 4.69) is 34.5 Å². The van der Waals surface area contributed by atoms with Crippen LogP contribution in [-0.4, -0.2) is 26.2 Å². The predicted molar refractivity (Wildman–Crippen MR) is 146 cm³/mol. The first-order valence-electron chi connectivity index (χ1n) is 11.9. The molecule has 5 rings (SSSR count). The van der Waals surface area contributed by atoms with Crippen LogP contribution in [0.4, 0.5) is 0 Å². The first-order valence-corrected chi connectivity index (χ1v) is 12.8. The van der Waals surface area contributed by atoms with Crippen LogP contribution in [0.5, 0.6) is 5.75 Å². The van der Waals surface area contributed by atoms with Crippen LogP contribution in [0.15, 0.2) is 96.2 Å². The number of hydrogen-bond acceptors (Lipinski definition) is 6. The first-order chi connectivity index (χ1) is 18.0. The van der Waals surface area contributed by atoms with Crippen LogP contribution in [0.25, 0.3) is 16.5 Å². The summed E-state index contributed by atoms with van der Waals surface area (Å²) in [6.45, 7) is 4.11. The van der Waals surface area contributed by atoms with Gasteiger partial charge in [-0.1, -0.05) is 84.1 Å². The Balaban J connectivity index is 1.34. The van der Waals surface area contributed by atoms with E-state index in [1.54, 1.807) is 0 Å². The maximum Gasteiger partial charge on any atom is 0.220 e. The summed E-state index contributed by atoms with van der Waals surface area (Å²) in [6.07, 6.45) is 0. The van der Waals surface area contributed by atoms with Crippen molar-refractivity contribution >= 4 is 22.5 Å². The average Bonchev–Trinajstić information content (AvgIpc) is 3.27. The molecular weight excluding hydrogens is 484 g/mol. The molecule has 8 heteroatoms. The molecule has 1 heterocycles. The zero-order valence-electron chi connectivity index (χ0n) is 20.6. The highest BCUT2D eigenvalue weighted by atomic mass is 32.2. The molecule has 0 saturated heterocycles. The SMILES string of the molecule is Cc1ccc(-n2c(C)nnc2S[C@@H](C[N+](=O)[O-])c2ccc(OCc3cccc4ccccc34)cc2)cc1. The molecule has 0 unspecified atom stereocenters. The first kappa shape index (κ1) is 24.5. The van der Waals surface area contributed by atoms with Gasteiger partial charge in [-0.25, -0.2) is 0 Å². The molecule has 37 heavy (non-hydrogen) atoms. The standard InChI is InChI=1S/C29H26N4O3S/c1-20-10-14-25(15-11-20)33-21(2)30-31-29(33)37-28(18-32(34)35)23-12-16-26(17-13-23)36-19-24-8-5-7-22-6-3-4-9-27(22)24/h3-17,28H,18-19H2,1-2H3/t28-/m0/s1. The van der Waals surface area contributed by atoms with Crippen molar-refractivity contribution in [3.8, 4) is 11.4 Å². The Morgan fingerprint density at radius 3 is 2.41 bits per heavy atom. The number of thioether (sulfide) groups is 1. The van der Waals surface area contributed by atoms with Gasteiger partial charge in [0.15, 0.2) is 5.16 Å². The van der Waals surface area contributed by atoms with Gasteiger partial charge in [0.2, 0.25) is 6.54 Å². The summed E-state index contributed by atoms with van der Waals surface area (Å²) in [4.78, 5) is 11.2. The number of benzene rings is 4. The van der Waals surface area contributed by atoms with Crippen LogP contribution in [-0.2, 0) is 6.61 Å². The van der Waals surface area contributed by atoms with Crippen LogP contribution in [0, 0.1) is 24.0 Å². The third-order valence-corrected chi connectivity index (χ3v) is 7.36. The van der Waals surface area contributed by atoms with Crippen molar-refractivity contribution in [3.05, 3.63) is 124 Å². The van der Waals surface area contributed by atoms with Crippen molar-refractivity contribution < 1.29 is 9.66 Å². The van der Waals surface area contributed by atoms with E-state index < -0.39 is 5.25 Å². The molecule has 0 saturated carbocycles. The lowest BCUT2D eigenvalue weighted by Gasteiger charge is -2.15. The maximum atomic E-state index is 11.5. The molecule has 0 amide bonds. The van der Waals surface area contributed by atoms with Gasteiger partial charge in [0, 0.05) is 10.6 Å². The fourth-order valence-electron chi connectivity index (χ4n) is 4.24. The minimum absolute atomic E-state index is 0.235. The Morgan fingerprint density at radius 1 is 0.919 bits per heavy atom. The molecule has 186 valence electrons. The van der Waals surface area contributed by atoms with Gasteiger partial charge in [-0.3, -0.25) is 14.7 Å². The fourth-order valence-corrected chi connectivity index (χ4v) is 5.42. The van der Waals surface area contributed by atoms with Crippen molar-refractivity contribution in [3.63, 3.8) is 0 Å². The normalized spacial score (nSPS) is 11.9. The molecule has 4 aromatic carbocycles. The Bertz CT molecular complexity index is 1530. The van der Waals surface area contributed by atoms with E-state index in [4.69, 9.17) is 4.74 Å². The second-order valence-electron chi connectivity index (χ2n) is 8.82. The van der Waals surface area contributed by atoms with E-state index in [0.717, 1.165) is 33.6 Å². The molecule has 0 aliphatic heterocycles. The summed E-state index contributed by atoms with van der Waals surface area (Å²) in [7, 11) is 0. The van der Waals surface area contributed by atoms with Crippen molar-refractivity contribution in [1.29, 1.82) is 0 Å². The van der Waals surface area contributed by atoms with Crippen LogP contribution in [0.2, 0.25) is 0 Å². The summed E-state index contributed by atoms with van der Waals surface area (Å²) in [5, 5.41) is 22.6. The number of ether oxygens (including phenoxy) is 1. The molecule has 1 aromatic heterocycles. The number of fused-ring (bicyclic) bond motifs is 1. The number of nitrogens with zero attached hydrogens (tertiary/aromatic N) is 4. The van der Waals surface area contributed by atoms with Gasteiger partial charge < -0.3 is 4.74 Å². The molecule has 0 bridgehead atoms. The summed E-state index contributed by atoms with van der Waals surface area (Å²) in [5.41, 5.74) is 4.01. The number of hydrogen-bond donors (Lipinski definition) is 0. The van der Waals surface area contributed by atoms with E-state index in [0.29, 0.717) is 17.5 Å². The van der Waals surface area contributed by atoms with Gasteiger partial charge in [-0.05, 0) is 60.0 Å². The Labute approximate surface area is 219 Å². The second-order valence-corrected chi connectivity index (χ2v) is 9.99. The zero-order valence-corrected chi connectivity index (χ0v) is 21.4. The molecule has 0 radical (unpaired) electrons. The van der Waals surface area contributed by atoms with E-state index >= 15 is 0 Å². The highest BCUT2D eigenvalue weighted by molar-refractivity contribution is 7.99. The number of aromatic nitrogens is 3. The minimum atomic E-state index is -0.435. The van der Waals surface area contributed by atoms with E-state index in [1.807, 2.05) is 85.1 Å². The second kappa shape index (κ2) is 10.8. The topological polar surface area (TPSA) is 83.1 Å². The number of aryl methyl sites for hydroxylation is 2. The number of rotatable bonds is 9. The van der Waals surface area contributed by atoms with Crippen LogP contribution >= 0.6 is 11.8 Å². The molecule has 0 aliphatic rings. The van der Waals surface area contributed by atoms with Gasteiger partial charge in [-0.2, -0.15) is 0 Å². The van der Waals surface area contributed by atoms with Crippen molar-refractivity contribution in [2.24, 2.45) is 0 Å². The molecule has 0 fully saturated rings. The van der Waals surface area contributed by atoms with Crippen molar-refractivity contribution in [2.75, 3.05) is 6.54 Å². The Morgan fingerprint density at radius 2 is 1.65 bits per heavy atom. The quantitative estimate of drug-likeness (QED) is 0.124. The van der Waals surface area contributed by atoms with Gasteiger partial charge in [-0.15, -0.1) is 10.2 Å². The lowest BCUT2D eigenvalue weighted by molar-refractivity contribution is -0.479. The zero-order chi connectivity index (χ0) is 25.8.